The fraction of sp³-hybridized carbons (Fsp3) is 0.500. The highest BCUT2D eigenvalue weighted by molar-refractivity contribution is 5.97. The molecule has 0 radical (unpaired) electrons. The number of ether oxygens (including phenoxy) is 1. The second-order valence-electron chi connectivity index (χ2n) is 6.92. The molecule has 0 aliphatic carbocycles. The van der Waals surface area contributed by atoms with Gasteiger partial charge >= 0.3 is 6.09 Å². The Balaban J connectivity index is 1.76. The summed E-state index contributed by atoms with van der Waals surface area (Å²) in [6, 6.07) is 3.41. The fourth-order valence-corrected chi connectivity index (χ4v) is 3.45. The Morgan fingerprint density at radius 3 is 2.61 bits per heavy atom. The van der Waals surface area contributed by atoms with Crippen molar-refractivity contribution in [2.24, 2.45) is 0 Å². The number of carbonyl (C=O) groups excluding carboxylic acids is 2. The van der Waals surface area contributed by atoms with Crippen LogP contribution in [0.25, 0.3) is 11.0 Å². The monoisotopic (exact) mass is 386 g/mol. The van der Waals surface area contributed by atoms with Crippen molar-refractivity contribution in [2.45, 2.75) is 46.2 Å². The van der Waals surface area contributed by atoms with E-state index in [9.17, 15) is 14.4 Å². The van der Waals surface area contributed by atoms with Gasteiger partial charge in [-0.05, 0) is 45.7 Å². The number of likely N-dealkylation sites (tertiary alicyclic amines) is 1. The highest BCUT2D eigenvalue weighted by atomic mass is 16.6. The molecule has 0 bridgehead atoms. The Bertz CT molecular complexity index is 945. The van der Waals surface area contributed by atoms with E-state index in [-0.39, 0.29) is 29.0 Å². The molecule has 2 amide bonds. The number of piperidine rings is 1. The molecule has 3 rings (SSSR count). The van der Waals surface area contributed by atoms with Crippen molar-refractivity contribution >= 4 is 23.0 Å². The average molecular weight is 386 g/mol. The van der Waals surface area contributed by atoms with Crippen molar-refractivity contribution in [3.8, 4) is 0 Å². The first kappa shape index (κ1) is 19.9. The molecule has 1 saturated heterocycles. The molecule has 2 aromatic rings. The molecule has 28 heavy (non-hydrogen) atoms. The molecular formula is C20H26N4O4. The minimum absolute atomic E-state index is 0.0838. The summed E-state index contributed by atoms with van der Waals surface area (Å²) in [7, 11) is 0. The molecule has 2 aromatic heterocycles. The van der Waals surface area contributed by atoms with E-state index >= 15 is 0 Å². The summed E-state index contributed by atoms with van der Waals surface area (Å²) in [5.41, 5.74) is 1.22. The molecule has 0 aromatic carbocycles. The van der Waals surface area contributed by atoms with Crippen molar-refractivity contribution < 1.29 is 14.3 Å². The molecule has 8 heteroatoms. The summed E-state index contributed by atoms with van der Waals surface area (Å²) in [6.45, 7) is 7.57. The van der Waals surface area contributed by atoms with Crippen LogP contribution in [-0.4, -0.2) is 52.2 Å². The SMILES string of the molecule is CCOC(=O)N1CCC(NC(=O)c2cn(CC)c3nc(C)ccc3c2=O)CC1. The number of nitrogens with one attached hydrogen (secondary N) is 1. The fourth-order valence-electron chi connectivity index (χ4n) is 3.45. The number of fused-ring (bicyclic) bond motifs is 1. The van der Waals surface area contributed by atoms with Crippen LogP contribution in [0.3, 0.4) is 0 Å². The van der Waals surface area contributed by atoms with Gasteiger partial charge in [-0.15, -0.1) is 0 Å². The van der Waals surface area contributed by atoms with E-state index < -0.39 is 0 Å². The van der Waals surface area contributed by atoms with Gasteiger partial charge in [0, 0.05) is 37.6 Å². The molecule has 1 N–H and O–H groups in total. The summed E-state index contributed by atoms with van der Waals surface area (Å²) >= 11 is 0. The van der Waals surface area contributed by atoms with E-state index in [0.717, 1.165) is 5.69 Å². The maximum Gasteiger partial charge on any atom is 0.409 e. The van der Waals surface area contributed by atoms with Gasteiger partial charge in [-0.2, -0.15) is 0 Å². The molecule has 3 heterocycles. The van der Waals surface area contributed by atoms with E-state index in [2.05, 4.69) is 10.3 Å². The number of rotatable bonds is 4. The van der Waals surface area contributed by atoms with Crippen LogP contribution < -0.4 is 10.7 Å². The molecule has 8 nitrogen and oxygen atoms in total. The molecule has 0 unspecified atom stereocenters. The maximum atomic E-state index is 12.8. The van der Waals surface area contributed by atoms with E-state index in [0.29, 0.717) is 50.1 Å². The van der Waals surface area contributed by atoms with Crippen molar-refractivity contribution in [3.63, 3.8) is 0 Å². The zero-order chi connectivity index (χ0) is 20.3. The van der Waals surface area contributed by atoms with Crippen LogP contribution in [0, 0.1) is 6.92 Å². The van der Waals surface area contributed by atoms with E-state index in [1.54, 1.807) is 30.2 Å². The Hall–Kier alpha value is -2.90. The van der Waals surface area contributed by atoms with E-state index in [1.807, 2.05) is 18.4 Å². The second kappa shape index (κ2) is 8.41. The number of hydrogen-bond donors (Lipinski definition) is 1. The van der Waals surface area contributed by atoms with Gasteiger partial charge in [-0.3, -0.25) is 9.59 Å². The van der Waals surface area contributed by atoms with Crippen molar-refractivity contribution in [1.82, 2.24) is 19.8 Å². The van der Waals surface area contributed by atoms with Crippen LogP contribution in [0.1, 0.15) is 42.7 Å². The lowest BCUT2D eigenvalue weighted by atomic mass is 10.0. The first-order chi connectivity index (χ1) is 13.4. The number of aryl methyl sites for hydroxylation is 2. The zero-order valence-electron chi connectivity index (χ0n) is 16.5. The number of aromatic nitrogens is 2. The normalized spacial score (nSPS) is 14.9. The third-order valence-corrected chi connectivity index (χ3v) is 5.00. The summed E-state index contributed by atoms with van der Waals surface area (Å²) < 4.78 is 6.83. The maximum absolute atomic E-state index is 12.8. The molecule has 150 valence electrons. The molecular weight excluding hydrogens is 360 g/mol. The van der Waals surface area contributed by atoms with Crippen LogP contribution in [0.15, 0.2) is 23.1 Å². The molecule has 1 aliphatic heterocycles. The summed E-state index contributed by atoms with van der Waals surface area (Å²) in [5.74, 6) is -0.385. The average Bonchev–Trinajstić information content (AvgIpc) is 2.69. The van der Waals surface area contributed by atoms with Crippen LogP contribution in [0.5, 0.6) is 0 Å². The minimum atomic E-state index is -0.385. The standard InChI is InChI=1S/C20H26N4O4/c1-4-23-12-16(17(25)15-7-6-13(3)21-18(15)23)19(26)22-14-8-10-24(11-9-14)20(27)28-5-2/h6-7,12,14H,4-5,8-11H2,1-3H3,(H,22,26). The van der Waals surface area contributed by atoms with Gasteiger partial charge in [0.05, 0.1) is 12.0 Å². The molecule has 0 atom stereocenters. The van der Waals surface area contributed by atoms with Crippen LogP contribution in [0.2, 0.25) is 0 Å². The predicted octanol–water partition coefficient (Wildman–Crippen LogP) is 2.08. The third-order valence-electron chi connectivity index (χ3n) is 5.00. The summed E-state index contributed by atoms with van der Waals surface area (Å²) in [5, 5.41) is 3.39. The van der Waals surface area contributed by atoms with Gasteiger partial charge in [0.25, 0.3) is 5.91 Å². The van der Waals surface area contributed by atoms with Gasteiger partial charge in [0.2, 0.25) is 5.43 Å². The summed E-state index contributed by atoms with van der Waals surface area (Å²) in [4.78, 5) is 43.5. The first-order valence-corrected chi connectivity index (χ1v) is 9.68. The van der Waals surface area contributed by atoms with Crippen LogP contribution in [0.4, 0.5) is 4.79 Å². The summed E-state index contributed by atoms with van der Waals surface area (Å²) in [6.07, 6.45) is 2.51. The number of hydrogen-bond acceptors (Lipinski definition) is 5. The third kappa shape index (κ3) is 4.00. The Kier molecular flexibility index (Phi) is 5.96. The lowest BCUT2D eigenvalue weighted by Gasteiger charge is -2.31. The first-order valence-electron chi connectivity index (χ1n) is 9.68. The molecule has 1 aliphatic rings. The van der Waals surface area contributed by atoms with Crippen molar-refractivity contribution in [1.29, 1.82) is 0 Å². The lowest BCUT2D eigenvalue weighted by Crippen LogP contribution is -2.47. The number of carbonyl (C=O) groups is 2. The van der Waals surface area contributed by atoms with Crippen molar-refractivity contribution in [3.05, 3.63) is 39.8 Å². The van der Waals surface area contributed by atoms with Gasteiger partial charge < -0.3 is 19.5 Å². The number of pyridine rings is 2. The van der Waals surface area contributed by atoms with Crippen LogP contribution in [-0.2, 0) is 11.3 Å². The predicted molar refractivity (Wildman–Crippen MR) is 105 cm³/mol. The van der Waals surface area contributed by atoms with E-state index in [4.69, 9.17) is 4.74 Å². The Morgan fingerprint density at radius 2 is 1.96 bits per heavy atom. The molecule has 0 spiro atoms. The highest BCUT2D eigenvalue weighted by Gasteiger charge is 2.26. The van der Waals surface area contributed by atoms with Gasteiger partial charge in [-0.1, -0.05) is 0 Å². The van der Waals surface area contributed by atoms with Gasteiger partial charge in [0.15, 0.2) is 0 Å². The van der Waals surface area contributed by atoms with Gasteiger partial charge in [0.1, 0.15) is 11.2 Å². The van der Waals surface area contributed by atoms with E-state index in [1.165, 1.54) is 0 Å². The topological polar surface area (TPSA) is 93.5 Å². The van der Waals surface area contributed by atoms with Crippen molar-refractivity contribution in [2.75, 3.05) is 19.7 Å². The Labute approximate surface area is 163 Å². The van der Waals surface area contributed by atoms with Gasteiger partial charge in [-0.25, -0.2) is 9.78 Å². The zero-order valence-corrected chi connectivity index (χ0v) is 16.5. The smallest absolute Gasteiger partial charge is 0.409 e. The number of amides is 2. The molecule has 1 fully saturated rings. The molecule has 0 saturated carbocycles. The quantitative estimate of drug-likeness (QED) is 0.868. The lowest BCUT2D eigenvalue weighted by molar-refractivity contribution is 0.0859. The Morgan fingerprint density at radius 1 is 1.25 bits per heavy atom. The van der Waals surface area contributed by atoms with Crippen LogP contribution >= 0.6 is 0 Å². The highest BCUT2D eigenvalue weighted by Crippen LogP contribution is 2.14. The minimum Gasteiger partial charge on any atom is -0.450 e. The second-order valence-corrected chi connectivity index (χ2v) is 6.92. The largest absolute Gasteiger partial charge is 0.450 e. The number of nitrogens with zero attached hydrogens (tertiary/aromatic N) is 3.